The van der Waals surface area contributed by atoms with E-state index >= 15 is 0 Å². The maximum Gasteiger partial charge on any atom is 0.303 e. The summed E-state index contributed by atoms with van der Waals surface area (Å²) in [6.07, 6.45) is 12.6. The number of rotatable bonds is 8. The lowest BCUT2D eigenvalue weighted by molar-refractivity contribution is -0.137. The van der Waals surface area contributed by atoms with E-state index in [1.54, 1.807) is 0 Å². The number of aliphatic carboxylic acids is 1. The van der Waals surface area contributed by atoms with Gasteiger partial charge in [-0.2, -0.15) is 0 Å². The van der Waals surface area contributed by atoms with Crippen LogP contribution in [-0.2, 0) is 9.53 Å². The molecule has 0 radical (unpaired) electrons. The van der Waals surface area contributed by atoms with Crippen molar-refractivity contribution in [3.05, 3.63) is 30.1 Å². The summed E-state index contributed by atoms with van der Waals surface area (Å²) in [6, 6.07) is 4.20. The molecule has 0 spiro atoms. The van der Waals surface area contributed by atoms with Crippen LogP contribution >= 0.6 is 0 Å². The van der Waals surface area contributed by atoms with Gasteiger partial charge in [0.05, 0.1) is 12.2 Å². The van der Waals surface area contributed by atoms with E-state index in [0.717, 1.165) is 19.3 Å². The second-order valence-corrected chi connectivity index (χ2v) is 6.61. The van der Waals surface area contributed by atoms with Gasteiger partial charge in [0.15, 0.2) is 0 Å². The van der Waals surface area contributed by atoms with Crippen molar-refractivity contribution in [2.75, 3.05) is 0 Å². The van der Waals surface area contributed by atoms with E-state index in [2.05, 4.69) is 11.1 Å². The Balaban J connectivity index is 1.50. The van der Waals surface area contributed by atoms with E-state index in [4.69, 9.17) is 9.84 Å². The molecule has 2 fully saturated rings. The number of hydrogen-bond donors (Lipinski definition) is 1. The number of aromatic nitrogens is 1. The van der Waals surface area contributed by atoms with Crippen LogP contribution in [0.5, 0.6) is 0 Å². The normalized spacial score (nSPS) is 29.8. The number of ether oxygens (including phenoxy) is 1. The van der Waals surface area contributed by atoms with E-state index in [-0.39, 0.29) is 0 Å². The van der Waals surface area contributed by atoms with Crippen molar-refractivity contribution in [3.63, 3.8) is 0 Å². The summed E-state index contributed by atoms with van der Waals surface area (Å²) in [6.45, 7) is 0. The summed E-state index contributed by atoms with van der Waals surface area (Å²) < 4.78 is 6.16. The highest BCUT2D eigenvalue weighted by molar-refractivity contribution is 5.66. The Hall–Kier alpha value is -1.42. The van der Waals surface area contributed by atoms with Gasteiger partial charge in [-0.05, 0) is 43.2 Å². The fourth-order valence-electron chi connectivity index (χ4n) is 4.19. The zero-order valence-corrected chi connectivity index (χ0v) is 13.0. The van der Waals surface area contributed by atoms with Gasteiger partial charge in [0.2, 0.25) is 0 Å². The summed E-state index contributed by atoms with van der Waals surface area (Å²) in [5.74, 6) is 0.437. The molecule has 1 aromatic rings. The summed E-state index contributed by atoms with van der Waals surface area (Å²) in [5.41, 5.74) is 1.32. The van der Waals surface area contributed by atoms with E-state index in [0.29, 0.717) is 30.5 Å². The second kappa shape index (κ2) is 7.23. The molecule has 2 aliphatic heterocycles. The van der Waals surface area contributed by atoms with E-state index in [1.165, 1.54) is 31.2 Å². The second-order valence-electron chi connectivity index (χ2n) is 6.61. The first-order chi connectivity index (χ1) is 10.8. The lowest BCUT2D eigenvalue weighted by atomic mass is 9.74. The molecule has 4 heteroatoms. The smallest absolute Gasteiger partial charge is 0.303 e. The predicted molar refractivity (Wildman–Crippen MR) is 83.7 cm³/mol. The van der Waals surface area contributed by atoms with Crippen LogP contribution in [-0.4, -0.2) is 28.3 Å². The number of hydrogen-bond acceptors (Lipinski definition) is 3. The molecule has 22 heavy (non-hydrogen) atoms. The SMILES string of the molecule is O=C(O)CCCCCC[C@@H]1C2CCC(O2)C1c1cccnc1. The third kappa shape index (κ3) is 3.49. The molecule has 4 atom stereocenters. The van der Waals surface area contributed by atoms with Crippen molar-refractivity contribution >= 4 is 5.97 Å². The first-order valence-electron chi connectivity index (χ1n) is 8.53. The highest BCUT2D eigenvalue weighted by atomic mass is 16.5. The van der Waals surface area contributed by atoms with Gasteiger partial charge in [0.25, 0.3) is 0 Å². The van der Waals surface area contributed by atoms with Gasteiger partial charge < -0.3 is 9.84 Å². The largest absolute Gasteiger partial charge is 0.481 e. The van der Waals surface area contributed by atoms with Gasteiger partial charge in [0, 0.05) is 24.7 Å². The van der Waals surface area contributed by atoms with Gasteiger partial charge in [-0.25, -0.2) is 0 Å². The third-order valence-corrected chi connectivity index (χ3v) is 5.17. The minimum absolute atomic E-state index is 0.301. The molecule has 1 aromatic heterocycles. The Bertz CT molecular complexity index is 490. The molecule has 3 heterocycles. The Kier molecular flexibility index (Phi) is 5.08. The first-order valence-corrected chi connectivity index (χ1v) is 8.53. The molecule has 2 saturated heterocycles. The number of fused-ring (bicyclic) bond motifs is 2. The summed E-state index contributed by atoms with van der Waals surface area (Å²) in [7, 11) is 0. The molecule has 0 aliphatic carbocycles. The number of nitrogens with zero attached hydrogens (tertiary/aromatic N) is 1. The third-order valence-electron chi connectivity index (χ3n) is 5.17. The Morgan fingerprint density at radius 3 is 2.82 bits per heavy atom. The minimum atomic E-state index is -0.682. The molecule has 1 N–H and O–H groups in total. The van der Waals surface area contributed by atoms with Crippen LogP contribution in [0.15, 0.2) is 24.5 Å². The molecule has 0 saturated carbocycles. The van der Waals surface area contributed by atoms with Gasteiger partial charge in [0.1, 0.15) is 0 Å². The van der Waals surface area contributed by atoms with Crippen molar-refractivity contribution in [1.82, 2.24) is 4.98 Å². The standard InChI is InChI=1S/C18H25NO3/c20-17(21)8-4-2-1-3-7-14-15-9-10-16(22-15)18(14)13-6-5-11-19-12-13/h5-6,11-12,14-16,18H,1-4,7-10H2,(H,20,21)/t14-,15?,16?,18?/m1/s1. The number of carboxylic acid groups (broad SMARTS) is 1. The van der Waals surface area contributed by atoms with Gasteiger partial charge in [-0.1, -0.05) is 25.3 Å². The zero-order chi connectivity index (χ0) is 15.4. The number of carbonyl (C=O) groups is 1. The van der Waals surface area contributed by atoms with Crippen LogP contribution in [0.25, 0.3) is 0 Å². The fraction of sp³-hybridized carbons (Fsp3) is 0.667. The molecule has 3 unspecified atom stereocenters. The quantitative estimate of drug-likeness (QED) is 0.743. The van der Waals surface area contributed by atoms with Crippen LogP contribution in [0.2, 0.25) is 0 Å². The molecular formula is C18H25NO3. The first kappa shape index (κ1) is 15.5. The van der Waals surface area contributed by atoms with Crippen LogP contribution in [0.1, 0.15) is 62.8 Å². The molecule has 0 aromatic carbocycles. The van der Waals surface area contributed by atoms with Gasteiger partial charge in [-0.15, -0.1) is 0 Å². The summed E-state index contributed by atoms with van der Waals surface area (Å²) >= 11 is 0. The fourth-order valence-corrected chi connectivity index (χ4v) is 4.19. The van der Waals surface area contributed by atoms with Crippen molar-refractivity contribution in [2.45, 2.75) is 69.5 Å². The van der Waals surface area contributed by atoms with E-state index in [1.807, 2.05) is 18.5 Å². The molecule has 0 amide bonds. The van der Waals surface area contributed by atoms with Crippen LogP contribution in [0.4, 0.5) is 0 Å². The Morgan fingerprint density at radius 2 is 2.05 bits per heavy atom. The van der Waals surface area contributed by atoms with Crippen LogP contribution in [0.3, 0.4) is 0 Å². The summed E-state index contributed by atoms with van der Waals surface area (Å²) in [5, 5.41) is 8.65. The maximum absolute atomic E-state index is 10.5. The highest BCUT2D eigenvalue weighted by Crippen LogP contribution is 2.50. The average molecular weight is 303 g/mol. The number of carboxylic acids is 1. The summed E-state index contributed by atoms with van der Waals surface area (Å²) in [4.78, 5) is 14.8. The van der Waals surface area contributed by atoms with E-state index < -0.39 is 5.97 Å². The monoisotopic (exact) mass is 303 g/mol. The zero-order valence-electron chi connectivity index (χ0n) is 13.0. The Morgan fingerprint density at radius 1 is 1.23 bits per heavy atom. The molecule has 3 rings (SSSR count). The molecule has 120 valence electrons. The molecule has 2 aliphatic rings. The van der Waals surface area contributed by atoms with Crippen molar-refractivity contribution in [2.24, 2.45) is 5.92 Å². The molecule has 2 bridgehead atoms. The van der Waals surface area contributed by atoms with Crippen LogP contribution in [0, 0.1) is 5.92 Å². The molecule has 4 nitrogen and oxygen atoms in total. The lowest BCUT2D eigenvalue weighted by Crippen LogP contribution is -2.25. The van der Waals surface area contributed by atoms with Crippen molar-refractivity contribution in [3.8, 4) is 0 Å². The van der Waals surface area contributed by atoms with Crippen molar-refractivity contribution < 1.29 is 14.6 Å². The minimum Gasteiger partial charge on any atom is -0.481 e. The van der Waals surface area contributed by atoms with Crippen molar-refractivity contribution in [1.29, 1.82) is 0 Å². The van der Waals surface area contributed by atoms with Crippen LogP contribution < -0.4 is 0 Å². The predicted octanol–water partition coefficient (Wildman–Crippen LogP) is 3.77. The van der Waals surface area contributed by atoms with Gasteiger partial charge in [-0.3, -0.25) is 9.78 Å². The van der Waals surface area contributed by atoms with E-state index in [9.17, 15) is 4.79 Å². The average Bonchev–Trinajstić information content (AvgIpc) is 3.12. The molecular weight excluding hydrogens is 278 g/mol. The topological polar surface area (TPSA) is 59.4 Å². The number of pyridine rings is 1. The highest BCUT2D eigenvalue weighted by Gasteiger charge is 2.48. The Labute approximate surface area is 131 Å². The lowest BCUT2D eigenvalue weighted by Gasteiger charge is -2.28. The number of unbranched alkanes of at least 4 members (excludes halogenated alkanes) is 3. The van der Waals surface area contributed by atoms with Gasteiger partial charge >= 0.3 is 5.97 Å². The maximum atomic E-state index is 10.5.